The zero-order valence-corrected chi connectivity index (χ0v) is 12.8. The van der Waals surface area contributed by atoms with Crippen molar-refractivity contribution in [1.29, 1.82) is 0 Å². The number of aliphatic carboxylic acids is 3. The summed E-state index contributed by atoms with van der Waals surface area (Å²) in [5, 5.41) is 33.8. The maximum absolute atomic E-state index is 10.3. The molecule has 0 aromatic carbocycles. The van der Waals surface area contributed by atoms with E-state index in [2.05, 4.69) is 0 Å². The van der Waals surface area contributed by atoms with Crippen LogP contribution in [0.25, 0.3) is 0 Å². The normalized spacial score (nSPS) is 8.81. The van der Waals surface area contributed by atoms with Gasteiger partial charge in [-0.3, -0.25) is 9.59 Å². The molecular formula is C6H8Na2O8. The Labute approximate surface area is 135 Å². The summed E-state index contributed by atoms with van der Waals surface area (Å²) in [6, 6.07) is 0. The Balaban J connectivity index is -0.000000240. The van der Waals surface area contributed by atoms with E-state index in [-0.39, 0.29) is 64.6 Å². The molecule has 0 rings (SSSR count). The number of carboxylic acids is 3. The molecule has 0 amide bonds. The van der Waals surface area contributed by atoms with E-state index in [1.807, 2.05) is 0 Å². The van der Waals surface area contributed by atoms with Gasteiger partial charge in [-0.1, -0.05) is 0 Å². The molecule has 0 heterocycles. The van der Waals surface area contributed by atoms with Crippen LogP contribution in [-0.4, -0.2) is 43.9 Å². The number of hydrogen-bond donors (Lipinski definition) is 4. The first-order chi connectivity index (χ1) is 5.78. The van der Waals surface area contributed by atoms with E-state index >= 15 is 0 Å². The summed E-state index contributed by atoms with van der Waals surface area (Å²) >= 11 is 0. The first-order valence-electron chi connectivity index (χ1n) is 3.17. The third-order valence-electron chi connectivity index (χ3n) is 1.29. The minimum Gasteiger partial charge on any atom is -2.00 e. The Morgan fingerprint density at radius 1 is 0.875 bits per heavy atom. The molecule has 0 unspecified atom stereocenters. The topological polar surface area (TPSA) is 161 Å². The predicted octanol–water partition coefficient (Wildman–Crippen LogP) is -7.36. The van der Waals surface area contributed by atoms with Gasteiger partial charge >= 0.3 is 77.0 Å². The largest absolute Gasteiger partial charge is 2.00 e. The minimum absolute atomic E-state index is 0. The number of carboxylic acid groups (broad SMARTS) is 3. The molecule has 4 N–H and O–H groups in total. The van der Waals surface area contributed by atoms with Gasteiger partial charge in [0.1, 0.15) is 0 Å². The molecule has 0 radical (unpaired) electrons. The van der Waals surface area contributed by atoms with E-state index in [4.69, 9.17) is 20.4 Å². The summed E-state index contributed by atoms with van der Waals surface area (Å²) in [4.78, 5) is 30.5. The van der Waals surface area contributed by atoms with Crippen LogP contribution in [-0.2, 0) is 19.9 Å². The van der Waals surface area contributed by atoms with E-state index in [1.54, 1.807) is 0 Å². The van der Waals surface area contributed by atoms with Gasteiger partial charge in [0, 0.05) is 0 Å². The van der Waals surface area contributed by atoms with E-state index in [0.29, 0.717) is 0 Å². The Kier molecular flexibility index (Phi) is 16.5. The van der Waals surface area contributed by atoms with Crippen molar-refractivity contribution < 1.29 is 99.4 Å². The first-order valence-corrected chi connectivity index (χ1v) is 3.17. The molecule has 82 valence electrons. The molecule has 0 aliphatic carbocycles. The summed E-state index contributed by atoms with van der Waals surface area (Å²) in [6.45, 7) is 0. The molecule has 0 bridgehead atoms. The van der Waals surface area contributed by atoms with Crippen LogP contribution in [0.3, 0.4) is 0 Å². The smallest absolute Gasteiger partial charge is 1.00 e. The number of hydrogen-bond acceptors (Lipinski definition) is 4. The van der Waals surface area contributed by atoms with Crippen LogP contribution in [0.15, 0.2) is 0 Å². The van der Waals surface area contributed by atoms with Gasteiger partial charge < -0.3 is 25.9 Å². The standard InChI is InChI=1S/C6H8O7.2Na.O/c7-3(8)1-6(13,5(11)12)2-4(9)10;;;/h13H,1-2H2,(H,7,8)(H,9,10)(H,11,12);;;/q;2*+1;-2. The summed E-state index contributed by atoms with van der Waals surface area (Å²) in [5.74, 6) is -5.02. The Bertz CT molecular complexity index is 237. The number of rotatable bonds is 5. The molecule has 0 spiro atoms. The van der Waals surface area contributed by atoms with Crippen LogP contribution >= 0.6 is 0 Å². The first kappa shape index (κ1) is 25.2. The summed E-state index contributed by atoms with van der Waals surface area (Å²) in [5.41, 5.74) is -2.74. The summed E-state index contributed by atoms with van der Waals surface area (Å²) in [7, 11) is 0. The molecule has 0 saturated carbocycles. The van der Waals surface area contributed by atoms with Crippen LogP contribution in [0.1, 0.15) is 12.8 Å². The van der Waals surface area contributed by atoms with E-state index in [1.165, 1.54) is 0 Å². The quantitative estimate of drug-likeness (QED) is 0.354. The van der Waals surface area contributed by atoms with Gasteiger partial charge in [-0.25, -0.2) is 4.79 Å². The maximum atomic E-state index is 10.3. The molecule has 0 fully saturated rings. The van der Waals surface area contributed by atoms with Crippen molar-refractivity contribution in [3.8, 4) is 0 Å². The minimum atomic E-state index is -2.74. The van der Waals surface area contributed by atoms with Crippen molar-refractivity contribution in [2.45, 2.75) is 18.4 Å². The second-order valence-corrected chi connectivity index (χ2v) is 2.48. The van der Waals surface area contributed by atoms with Crippen molar-refractivity contribution in [3.63, 3.8) is 0 Å². The van der Waals surface area contributed by atoms with Crippen molar-refractivity contribution in [3.05, 3.63) is 0 Å². The molecule has 0 saturated heterocycles. The van der Waals surface area contributed by atoms with E-state index < -0.39 is 36.4 Å². The zero-order valence-electron chi connectivity index (χ0n) is 8.84. The molecule has 10 heteroatoms. The fourth-order valence-electron chi connectivity index (χ4n) is 0.714. The number of aliphatic hydroxyl groups is 1. The third-order valence-corrected chi connectivity index (χ3v) is 1.29. The molecule has 8 nitrogen and oxygen atoms in total. The van der Waals surface area contributed by atoms with Crippen LogP contribution in [0.5, 0.6) is 0 Å². The van der Waals surface area contributed by atoms with Gasteiger partial charge in [0.2, 0.25) is 0 Å². The van der Waals surface area contributed by atoms with Crippen LogP contribution in [0, 0.1) is 0 Å². The molecular weight excluding hydrogens is 246 g/mol. The summed E-state index contributed by atoms with van der Waals surface area (Å²) in [6.07, 6.45) is -2.29. The fourth-order valence-corrected chi connectivity index (χ4v) is 0.714. The number of carbonyl (C=O) groups is 3. The van der Waals surface area contributed by atoms with E-state index in [0.717, 1.165) is 0 Å². The van der Waals surface area contributed by atoms with Gasteiger partial charge in [-0.05, 0) is 0 Å². The molecule has 16 heavy (non-hydrogen) atoms. The van der Waals surface area contributed by atoms with Crippen molar-refractivity contribution in [2.75, 3.05) is 0 Å². The molecule has 0 atom stereocenters. The van der Waals surface area contributed by atoms with Gasteiger partial charge in [0.25, 0.3) is 0 Å². The third kappa shape index (κ3) is 9.55. The van der Waals surface area contributed by atoms with E-state index in [9.17, 15) is 14.4 Å². The summed E-state index contributed by atoms with van der Waals surface area (Å²) < 4.78 is 0. The maximum Gasteiger partial charge on any atom is 1.00 e. The van der Waals surface area contributed by atoms with Crippen LogP contribution < -0.4 is 59.1 Å². The van der Waals surface area contributed by atoms with Gasteiger partial charge in [-0.2, -0.15) is 0 Å². The van der Waals surface area contributed by atoms with Crippen LogP contribution in [0.2, 0.25) is 0 Å². The van der Waals surface area contributed by atoms with Crippen LogP contribution in [0.4, 0.5) is 0 Å². The van der Waals surface area contributed by atoms with Crippen molar-refractivity contribution >= 4 is 17.9 Å². The molecule has 0 aliphatic heterocycles. The second kappa shape index (κ2) is 10.5. The van der Waals surface area contributed by atoms with Crippen molar-refractivity contribution in [2.24, 2.45) is 0 Å². The fraction of sp³-hybridized carbons (Fsp3) is 0.500. The van der Waals surface area contributed by atoms with Gasteiger partial charge in [0.05, 0.1) is 12.8 Å². The SMILES string of the molecule is O=C(O)CC(O)(CC(=O)O)C(=O)O.[Na+].[Na+].[O-2]. The Hall–Kier alpha value is 0.330. The molecule has 0 aromatic heterocycles. The average molecular weight is 254 g/mol. The monoisotopic (exact) mass is 254 g/mol. The van der Waals surface area contributed by atoms with Gasteiger partial charge in [-0.15, -0.1) is 0 Å². The molecule has 0 aliphatic rings. The zero-order chi connectivity index (χ0) is 10.6. The average Bonchev–Trinajstić information content (AvgIpc) is 1.82. The molecule has 0 aromatic rings. The Morgan fingerprint density at radius 2 is 1.12 bits per heavy atom. The van der Waals surface area contributed by atoms with Crippen molar-refractivity contribution in [1.82, 2.24) is 0 Å². The Morgan fingerprint density at radius 3 is 1.25 bits per heavy atom. The predicted molar refractivity (Wildman–Crippen MR) is 37.8 cm³/mol. The second-order valence-electron chi connectivity index (χ2n) is 2.48. The van der Waals surface area contributed by atoms with Gasteiger partial charge in [0.15, 0.2) is 5.60 Å².